The molecule has 4 heteroatoms. The summed E-state index contributed by atoms with van der Waals surface area (Å²) in [5, 5.41) is 12.9. The van der Waals surface area contributed by atoms with E-state index in [1.54, 1.807) is 0 Å². The number of hydrogen-bond donors (Lipinski definition) is 2. The predicted molar refractivity (Wildman–Crippen MR) is 82.4 cm³/mol. The van der Waals surface area contributed by atoms with Crippen LogP contribution in [0.4, 0.5) is 0 Å². The van der Waals surface area contributed by atoms with E-state index >= 15 is 0 Å². The average Bonchev–Trinajstić information content (AvgIpc) is 2.38. The number of aliphatic hydroxyl groups is 1. The Kier molecular flexibility index (Phi) is 15.2. The molecule has 0 spiro atoms. The second kappa shape index (κ2) is 15.2. The van der Waals surface area contributed by atoms with Gasteiger partial charge >= 0.3 is 0 Å². The monoisotopic (exact) mass is 275 g/mol. The maximum Gasteiger partial charge on any atom is 0.0897 e. The number of rotatable bonds is 14. The van der Waals surface area contributed by atoms with Gasteiger partial charge in [-0.15, -0.1) is 0 Å². The lowest BCUT2D eigenvalue weighted by Crippen LogP contribution is -2.31. The standard InChI is InChI=1S/C14H33NO2Si/c1-2-3-4-5-6-7-9-15-12-14(16)13-17-10-8-11-18/h14-16H,2-13H2,1,18H3. The Morgan fingerprint density at radius 1 is 1.11 bits per heavy atom. The molecule has 1 atom stereocenters. The minimum atomic E-state index is -0.348. The van der Waals surface area contributed by atoms with Gasteiger partial charge in [0.2, 0.25) is 0 Å². The fourth-order valence-electron chi connectivity index (χ4n) is 1.82. The van der Waals surface area contributed by atoms with Crippen molar-refractivity contribution in [3.05, 3.63) is 0 Å². The van der Waals surface area contributed by atoms with Gasteiger partial charge in [-0.2, -0.15) is 0 Å². The fourth-order valence-corrected chi connectivity index (χ4v) is 2.11. The van der Waals surface area contributed by atoms with Crippen LogP contribution >= 0.6 is 0 Å². The van der Waals surface area contributed by atoms with Crippen molar-refractivity contribution in [2.45, 2.75) is 64.0 Å². The van der Waals surface area contributed by atoms with Crippen LogP contribution in [0.25, 0.3) is 0 Å². The molecule has 1 unspecified atom stereocenters. The Labute approximate surface area is 116 Å². The summed E-state index contributed by atoms with van der Waals surface area (Å²) in [5.41, 5.74) is 0. The first-order chi connectivity index (χ1) is 8.81. The molecule has 0 amide bonds. The minimum absolute atomic E-state index is 0.348. The van der Waals surface area contributed by atoms with Crippen LogP contribution in [0.15, 0.2) is 0 Å². The topological polar surface area (TPSA) is 41.5 Å². The number of hydrogen-bond acceptors (Lipinski definition) is 3. The maximum absolute atomic E-state index is 9.64. The van der Waals surface area contributed by atoms with E-state index in [-0.39, 0.29) is 6.10 Å². The molecule has 2 N–H and O–H groups in total. The highest BCUT2D eigenvalue weighted by Crippen LogP contribution is 2.03. The lowest BCUT2D eigenvalue weighted by molar-refractivity contribution is 0.0374. The van der Waals surface area contributed by atoms with Gasteiger partial charge in [-0.25, -0.2) is 0 Å². The van der Waals surface area contributed by atoms with E-state index in [9.17, 15) is 5.11 Å². The van der Waals surface area contributed by atoms with Gasteiger partial charge in [-0.1, -0.05) is 45.1 Å². The van der Waals surface area contributed by atoms with Crippen LogP contribution in [-0.4, -0.2) is 47.8 Å². The molecule has 0 bridgehead atoms. The van der Waals surface area contributed by atoms with Crippen molar-refractivity contribution in [1.82, 2.24) is 5.32 Å². The Balaban J connectivity index is 3.08. The lowest BCUT2D eigenvalue weighted by atomic mass is 10.1. The van der Waals surface area contributed by atoms with Gasteiger partial charge in [-0.3, -0.25) is 0 Å². The SMILES string of the molecule is CCCCCCCCNCC(O)COCCC[SiH3]. The van der Waals surface area contributed by atoms with Gasteiger partial charge in [0.1, 0.15) is 0 Å². The zero-order valence-electron chi connectivity index (χ0n) is 12.4. The summed E-state index contributed by atoms with van der Waals surface area (Å²) in [6.07, 6.45) is 8.71. The molecule has 110 valence electrons. The van der Waals surface area contributed by atoms with Crippen LogP contribution in [0.3, 0.4) is 0 Å². The number of nitrogens with one attached hydrogen (secondary N) is 1. The predicted octanol–water partition coefficient (Wildman–Crippen LogP) is 1.49. The van der Waals surface area contributed by atoms with Gasteiger partial charge in [0, 0.05) is 23.4 Å². The van der Waals surface area contributed by atoms with Crippen LogP contribution in [0, 0.1) is 0 Å². The second-order valence-corrected chi connectivity index (χ2v) is 6.05. The molecule has 0 fully saturated rings. The molecule has 0 aliphatic heterocycles. The van der Waals surface area contributed by atoms with E-state index in [0.717, 1.165) is 19.6 Å². The van der Waals surface area contributed by atoms with Gasteiger partial charge in [0.25, 0.3) is 0 Å². The summed E-state index contributed by atoms with van der Waals surface area (Å²) in [6, 6.07) is 1.28. The molecule has 0 aliphatic rings. The molecule has 0 saturated carbocycles. The average molecular weight is 276 g/mol. The molecule has 0 aromatic carbocycles. The normalized spacial score (nSPS) is 13.0. The van der Waals surface area contributed by atoms with Gasteiger partial charge < -0.3 is 15.2 Å². The molecular weight excluding hydrogens is 242 g/mol. The van der Waals surface area contributed by atoms with Crippen molar-refractivity contribution in [1.29, 1.82) is 0 Å². The summed E-state index contributed by atoms with van der Waals surface area (Å²) < 4.78 is 5.39. The molecule has 0 heterocycles. The van der Waals surface area contributed by atoms with Crippen LogP contribution in [0.1, 0.15) is 51.9 Å². The summed E-state index contributed by atoms with van der Waals surface area (Å²) in [7, 11) is 1.25. The van der Waals surface area contributed by atoms with E-state index in [1.807, 2.05) is 0 Å². The van der Waals surface area contributed by atoms with Crippen LogP contribution in [0.2, 0.25) is 6.04 Å². The first-order valence-corrected chi connectivity index (χ1v) is 9.19. The highest BCUT2D eigenvalue weighted by molar-refractivity contribution is 6.08. The number of unbranched alkanes of at least 4 members (excludes halogenated alkanes) is 5. The first kappa shape index (κ1) is 18.1. The third kappa shape index (κ3) is 14.2. The third-order valence-electron chi connectivity index (χ3n) is 3.04. The van der Waals surface area contributed by atoms with Crippen LogP contribution in [-0.2, 0) is 4.74 Å². The first-order valence-electron chi connectivity index (χ1n) is 7.77. The molecule has 18 heavy (non-hydrogen) atoms. The Bertz CT molecular complexity index is 159. The second-order valence-electron chi connectivity index (χ2n) is 5.05. The molecular formula is C14H33NO2Si. The summed E-state index contributed by atoms with van der Waals surface area (Å²) in [4.78, 5) is 0. The van der Waals surface area contributed by atoms with Gasteiger partial charge in [0.15, 0.2) is 0 Å². The maximum atomic E-state index is 9.64. The Morgan fingerprint density at radius 2 is 1.83 bits per heavy atom. The fraction of sp³-hybridized carbons (Fsp3) is 1.00. The highest BCUT2D eigenvalue weighted by Gasteiger charge is 2.02. The highest BCUT2D eigenvalue weighted by atomic mass is 28.1. The smallest absolute Gasteiger partial charge is 0.0897 e. The van der Waals surface area contributed by atoms with E-state index in [0.29, 0.717) is 13.2 Å². The van der Waals surface area contributed by atoms with E-state index < -0.39 is 0 Å². The molecule has 0 saturated heterocycles. The number of ether oxygens (including phenoxy) is 1. The Hall–Kier alpha value is 0.0969. The quantitative estimate of drug-likeness (QED) is 0.373. The van der Waals surface area contributed by atoms with Crippen molar-refractivity contribution in [2.24, 2.45) is 0 Å². The molecule has 0 aromatic rings. The molecule has 0 radical (unpaired) electrons. The lowest BCUT2D eigenvalue weighted by Gasteiger charge is -2.12. The zero-order valence-corrected chi connectivity index (χ0v) is 14.4. The van der Waals surface area contributed by atoms with E-state index in [1.165, 1.54) is 54.8 Å². The van der Waals surface area contributed by atoms with Gasteiger partial charge in [0.05, 0.1) is 12.7 Å². The molecule has 3 nitrogen and oxygen atoms in total. The minimum Gasteiger partial charge on any atom is -0.389 e. The zero-order chi connectivity index (χ0) is 13.5. The summed E-state index contributed by atoms with van der Waals surface area (Å²) in [5.74, 6) is 0. The van der Waals surface area contributed by atoms with Crippen molar-refractivity contribution in [3.63, 3.8) is 0 Å². The van der Waals surface area contributed by atoms with E-state index in [2.05, 4.69) is 12.2 Å². The van der Waals surface area contributed by atoms with E-state index in [4.69, 9.17) is 4.74 Å². The molecule has 0 aliphatic carbocycles. The van der Waals surface area contributed by atoms with Crippen LogP contribution in [0.5, 0.6) is 0 Å². The van der Waals surface area contributed by atoms with Crippen molar-refractivity contribution < 1.29 is 9.84 Å². The summed E-state index contributed by atoms with van der Waals surface area (Å²) >= 11 is 0. The van der Waals surface area contributed by atoms with Crippen LogP contribution < -0.4 is 5.32 Å². The van der Waals surface area contributed by atoms with Gasteiger partial charge in [-0.05, 0) is 19.4 Å². The van der Waals surface area contributed by atoms with Crippen molar-refractivity contribution in [2.75, 3.05) is 26.3 Å². The van der Waals surface area contributed by atoms with Crippen molar-refractivity contribution in [3.8, 4) is 0 Å². The number of aliphatic hydroxyl groups excluding tert-OH is 1. The summed E-state index contributed by atoms with van der Waals surface area (Å²) in [6.45, 7) is 5.20. The van der Waals surface area contributed by atoms with Crippen molar-refractivity contribution >= 4 is 10.2 Å². The molecule has 0 rings (SSSR count). The third-order valence-corrected chi connectivity index (χ3v) is 3.75. The Morgan fingerprint density at radius 3 is 2.56 bits per heavy atom. The largest absolute Gasteiger partial charge is 0.389 e. The molecule has 0 aromatic heterocycles.